The monoisotopic (exact) mass is 398 g/mol. The Labute approximate surface area is 159 Å². The molecule has 1 saturated heterocycles. The zero-order valence-corrected chi connectivity index (χ0v) is 15.3. The second-order valence-corrected chi connectivity index (χ2v) is 6.70. The van der Waals surface area contributed by atoms with E-state index in [1.54, 1.807) is 25.3 Å². The molecule has 1 aliphatic heterocycles. The lowest BCUT2D eigenvalue weighted by molar-refractivity contribution is -0.137. The molecule has 1 aliphatic rings. The smallest absolute Gasteiger partial charge is 0.417 e. The average Bonchev–Trinajstić information content (AvgIpc) is 3.09. The molecule has 1 fully saturated rings. The maximum atomic E-state index is 13.1. The molecule has 3 rings (SSSR count). The summed E-state index contributed by atoms with van der Waals surface area (Å²) in [6.07, 6.45) is -3.97. The molecule has 0 spiro atoms. The molecule has 4 nitrogen and oxygen atoms in total. The van der Waals surface area contributed by atoms with Gasteiger partial charge in [0.05, 0.1) is 23.9 Å². The van der Waals surface area contributed by atoms with Crippen LogP contribution in [0.5, 0.6) is 5.75 Å². The lowest BCUT2D eigenvalue weighted by atomic mass is 10.1. The number of hydrogen-bond acceptors (Lipinski definition) is 3. The maximum Gasteiger partial charge on any atom is 0.417 e. The van der Waals surface area contributed by atoms with Gasteiger partial charge in [-0.15, -0.1) is 0 Å². The fourth-order valence-corrected chi connectivity index (χ4v) is 3.36. The van der Waals surface area contributed by atoms with Crippen LogP contribution in [-0.4, -0.2) is 32.1 Å². The van der Waals surface area contributed by atoms with Gasteiger partial charge in [-0.3, -0.25) is 4.79 Å². The van der Waals surface area contributed by atoms with Crippen molar-refractivity contribution < 1.29 is 22.7 Å². The molecule has 0 radical (unpaired) electrons. The highest BCUT2D eigenvalue weighted by Crippen LogP contribution is 2.34. The third-order valence-electron chi connectivity index (χ3n) is 4.48. The first-order valence-electron chi connectivity index (χ1n) is 8.35. The van der Waals surface area contributed by atoms with E-state index in [4.69, 9.17) is 16.3 Å². The number of benzene rings is 2. The van der Waals surface area contributed by atoms with E-state index in [2.05, 4.69) is 5.32 Å². The Hall–Kier alpha value is -2.41. The van der Waals surface area contributed by atoms with Crippen LogP contribution in [-0.2, 0) is 6.18 Å². The van der Waals surface area contributed by atoms with Gasteiger partial charge in [0.15, 0.2) is 0 Å². The summed E-state index contributed by atoms with van der Waals surface area (Å²) >= 11 is 6.05. The minimum absolute atomic E-state index is 0.275. The van der Waals surface area contributed by atoms with Crippen LogP contribution in [0.4, 0.5) is 18.9 Å². The van der Waals surface area contributed by atoms with Crippen molar-refractivity contribution in [2.75, 3.05) is 25.1 Å². The topological polar surface area (TPSA) is 41.6 Å². The van der Waals surface area contributed by atoms with Gasteiger partial charge < -0.3 is 15.0 Å². The molecule has 0 saturated carbocycles. The van der Waals surface area contributed by atoms with Gasteiger partial charge in [-0.2, -0.15) is 13.2 Å². The van der Waals surface area contributed by atoms with Gasteiger partial charge in [0, 0.05) is 24.2 Å². The molecule has 0 aliphatic carbocycles. The first kappa shape index (κ1) is 19.4. The maximum absolute atomic E-state index is 13.1. The number of alkyl halides is 3. The average molecular weight is 399 g/mol. The number of hydrogen-bond donors (Lipinski definition) is 1. The summed E-state index contributed by atoms with van der Waals surface area (Å²) in [5, 5.41) is 3.26. The number of nitrogens with one attached hydrogen (secondary N) is 1. The van der Waals surface area contributed by atoms with Gasteiger partial charge in [0.25, 0.3) is 5.91 Å². The summed E-state index contributed by atoms with van der Waals surface area (Å²) in [5.41, 5.74) is -0.518. The minimum atomic E-state index is -4.58. The number of rotatable bonds is 4. The Bertz CT molecular complexity index is 842. The molecule has 0 bridgehead atoms. The summed E-state index contributed by atoms with van der Waals surface area (Å²) < 4.78 is 44.7. The first-order valence-corrected chi connectivity index (χ1v) is 8.73. The lowest BCUT2D eigenvalue weighted by Crippen LogP contribution is -2.38. The number of ether oxygens (including phenoxy) is 1. The molecular weight excluding hydrogens is 381 g/mol. The van der Waals surface area contributed by atoms with E-state index in [0.717, 1.165) is 11.8 Å². The van der Waals surface area contributed by atoms with Crippen LogP contribution in [0.2, 0.25) is 5.02 Å². The van der Waals surface area contributed by atoms with E-state index in [1.165, 1.54) is 18.2 Å². The quantitative estimate of drug-likeness (QED) is 0.831. The molecule has 1 amide bonds. The van der Waals surface area contributed by atoms with Crippen LogP contribution in [0.1, 0.15) is 22.3 Å². The highest BCUT2D eigenvalue weighted by molar-refractivity contribution is 6.30. The van der Waals surface area contributed by atoms with Gasteiger partial charge in [-0.25, -0.2) is 0 Å². The molecule has 1 atom stereocenters. The molecular formula is C19H18ClF3N2O2. The van der Waals surface area contributed by atoms with Crippen LogP contribution < -0.4 is 15.0 Å². The number of nitrogens with zero attached hydrogens (tertiary/aromatic N) is 1. The van der Waals surface area contributed by atoms with Crippen LogP contribution in [0, 0.1) is 0 Å². The van der Waals surface area contributed by atoms with Crippen LogP contribution in [0.3, 0.4) is 0 Å². The van der Waals surface area contributed by atoms with E-state index in [0.29, 0.717) is 30.3 Å². The molecule has 8 heteroatoms. The summed E-state index contributed by atoms with van der Waals surface area (Å²) in [5.74, 6) is -0.0818. The molecule has 0 aromatic heterocycles. The fraction of sp³-hybridized carbons (Fsp3) is 0.316. The molecule has 1 N–H and O–H groups in total. The number of amides is 1. The van der Waals surface area contributed by atoms with Gasteiger partial charge in [-0.05, 0) is 36.8 Å². The normalized spacial score (nSPS) is 17.1. The Morgan fingerprint density at radius 2 is 2.00 bits per heavy atom. The van der Waals surface area contributed by atoms with Crippen molar-refractivity contribution in [3.63, 3.8) is 0 Å². The summed E-state index contributed by atoms with van der Waals surface area (Å²) in [4.78, 5) is 14.4. The second-order valence-electron chi connectivity index (χ2n) is 6.26. The molecule has 1 heterocycles. The molecule has 1 unspecified atom stereocenters. The number of carbonyl (C=O) groups excluding carboxylic acids is 1. The van der Waals surface area contributed by atoms with Crippen molar-refractivity contribution in [2.24, 2.45) is 0 Å². The van der Waals surface area contributed by atoms with Gasteiger partial charge in [0.1, 0.15) is 5.75 Å². The molecule has 2 aromatic rings. The van der Waals surface area contributed by atoms with Crippen molar-refractivity contribution in [3.8, 4) is 5.75 Å². The Balaban J connectivity index is 1.73. The number of anilines is 1. The third kappa shape index (κ3) is 4.30. The van der Waals surface area contributed by atoms with E-state index >= 15 is 0 Å². The second kappa shape index (κ2) is 7.68. The van der Waals surface area contributed by atoms with E-state index < -0.39 is 17.6 Å². The van der Waals surface area contributed by atoms with Crippen molar-refractivity contribution in [2.45, 2.75) is 18.6 Å². The largest absolute Gasteiger partial charge is 0.495 e. The van der Waals surface area contributed by atoms with Crippen LogP contribution in [0.15, 0.2) is 42.5 Å². The molecule has 2 aromatic carbocycles. The molecule has 27 heavy (non-hydrogen) atoms. The standard InChI is InChI=1S/C19H18ClF3N2O2/c1-27-17-7-6-12(20)10-16(17)25-9-8-13(11-25)24-18(26)14-4-2-3-5-15(14)19(21,22)23/h2-7,10,13H,8-9,11H2,1H3,(H,24,26). The van der Waals surface area contributed by atoms with Crippen molar-refractivity contribution in [1.29, 1.82) is 0 Å². The SMILES string of the molecule is COc1ccc(Cl)cc1N1CCC(NC(=O)c2ccccc2C(F)(F)F)C1. The summed E-state index contributed by atoms with van der Waals surface area (Å²) in [7, 11) is 1.55. The highest BCUT2D eigenvalue weighted by atomic mass is 35.5. The summed E-state index contributed by atoms with van der Waals surface area (Å²) in [6, 6.07) is 9.74. The number of carbonyl (C=O) groups is 1. The van der Waals surface area contributed by atoms with E-state index in [-0.39, 0.29) is 11.6 Å². The minimum Gasteiger partial charge on any atom is -0.495 e. The van der Waals surface area contributed by atoms with Crippen LogP contribution in [0.25, 0.3) is 0 Å². The van der Waals surface area contributed by atoms with Gasteiger partial charge >= 0.3 is 6.18 Å². The molecule has 144 valence electrons. The fourth-order valence-electron chi connectivity index (χ4n) is 3.20. The number of methoxy groups -OCH3 is 1. The first-order chi connectivity index (χ1) is 12.8. The van der Waals surface area contributed by atoms with Crippen molar-refractivity contribution >= 4 is 23.2 Å². The van der Waals surface area contributed by atoms with E-state index in [9.17, 15) is 18.0 Å². The zero-order valence-electron chi connectivity index (χ0n) is 14.5. The lowest BCUT2D eigenvalue weighted by Gasteiger charge is -2.22. The van der Waals surface area contributed by atoms with Gasteiger partial charge in [-0.1, -0.05) is 23.7 Å². The van der Waals surface area contributed by atoms with Crippen molar-refractivity contribution in [1.82, 2.24) is 5.32 Å². The number of halogens is 4. The van der Waals surface area contributed by atoms with Crippen molar-refractivity contribution in [3.05, 3.63) is 58.6 Å². The highest BCUT2D eigenvalue weighted by Gasteiger charge is 2.35. The zero-order chi connectivity index (χ0) is 19.6. The Morgan fingerprint density at radius 1 is 1.26 bits per heavy atom. The van der Waals surface area contributed by atoms with E-state index in [1.807, 2.05) is 4.90 Å². The Kier molecular flexibility index (Phi) is 5.51. The third-order valence-corrected chi connectivity index (χ3v) is 4.72. The van der Waals surface area contributed by atoms with Crippen LogP contribution >= 0.6 is 11.6 Å². The predicted molar refractivity (Wildman–Crippen MR) is 97.5 cm³/mol. The summed E-state index contributed by atoms with van der Waals surface area (Å²) in [6.45, 7) is 1.08. The predicted octanol–water partition coefficient (Wildman–Crippen LogP) is 4.38. The van der Waals surface area contributed by atoms with Gasteiger partial charge in [0.2, 0.25) is 0 Å². The Morgan fingerprint density at radius 3 is 2.70 bits per heavy atom.